The van der Waals surface area contributed by atoms with Crippen LogP contribution in [0.15, 0.2) is 67.0 Å². The molecule has 3 aromatic heterocycles. The molecule has 4 heterocycles. The van der Waals surface area contributed by atoms with Gasteiger partial charge in [0, 0.05) is 46.3 Å². The van der Waals surface area contributed by atoms with Crippen LogP contribution in [0.25, 0.3) is 27.0 Å². The van der Waals surface area contributed by atoms with Gasteiger partial charge in [0.2, 0.25) is 0 Å². The molecule has 4 nitrogen and oxygen atoms in total. The van der Waals surface area contributed by atoms with Crippen molar-refractivity contribution in [2.75, 3.05) is 13.1 Å². The summed E-state index contributed by atoms with van der Waals surface area (Å²) in [6.07, 6.45) is 6.80. The molecule has 0 unspecified atom stereocenters. The Morgan fingerprint density at radius 3 is 2.79 bits per heavy atom. The molecule has 6 heteroatoms. The van der Waals surface area contributed by atoms with E-state index in [1.807, 2.05) is 53.6 Å². The van der Waals surface area contributed by atoms with Crippen molar-refractivity contribution in [3.05, 3.63) is 82.5 Å². The van der Waals surface area contributed by atoms with Gasteiger partial charge in [0.05, 0.1) is 4.88 Å². The van der Waals surface area contributed by atoms with E-state index in [-0.39, 0.29) is 5.91 Å². The van der Waals surface area contributed by atoms with Gasteiger partial charge in [-0.25, -0.2) is 4.98 Å². The van der Waals surface area contributed by atoms with Gasteiger partial charge < -0.3 is 9.88 Å². The average molecular weight is 420 g/mol. The van der Waals surface area contributed by atoms with Crippen LogP contribution in [-0.4, -0.2) is 33.9 Å². The van der Waals surface area contributed by atoms with Gasteiger partial charge in [-0.3, -0.25) is 4.79 Å². The molecule has 0 spiro atoms. The summed E-state index contributed by atoms with van der Waals surface area (Å²) in [4.78, 5) is 24.3. The number of rotatable bonds is 3. The lowest BCUT2D eigenvalue weighted by Gasteiger charge is -2.26. The third kappa shape index (κ3) is 3.48. The van der Waals surface area contributed by atoms with Gasteiger partial charge in [-0.15, -0.1) is 11.3 Å². The Morgan fingerprint density at radius 1 is 1.14 bits per heavy atom. The normalized spacial score (nSPS) is 14.2. The Morgan fingerprint density at radius 2 is 2.00 bits per heavy atom. The fourth-order valence-electron chi connectivity index (χ4n) is 3.70. The smallest absolute Gasteiger partial charge is 0.264 e. The maximum atomic E-state index is 13.0. The van der Waals surface area contributed by atoms with Gasteiger partial charge in [-0.2, -0.15) is 0 Å². The predicted octanol–water partition coefficient (Wildman–Crippen LogP) is 5.87. The maximum Gasteiger partial charge on any atom is 0.264 e. The first kappa shape index (κ1) is 18.2. The minimum Gasteiger partial charge on any atom is -0.346 e. The van der Waals surface area contributed by atoms with Crippen molar-refractivity contribution in [3.63, 3.8) is 0 Å². The molecule has 0 aliphatic carbocycles. The summed E-state index contributed by atoms with van der Waals surface area (Å²) in [6, 6.07) is 15.7. The van der Waals surface area contributed by atoms with Crippen molar-refractivity contribution in [2.24, 2.45) is 0 Å². The van der Waals surface area contributed by atoms with E-state index in [9.17, 15) is 4.79 Å². The molecule has 5 rings (SSSR count). The number of thiophene rings is 1. The lowest BCUT2D eigenvalue weighted by Crippen LogP contribution is -2.34. The fraction of sp³-hybridized carbons (Fsp3) is 0.130. The minimum absolute atomic E-state index is 0.0890. The van der Waals surface area contributed by atoms with Gasteiger partial charge >= 0.3 is 0 Å². The number of aromatic amines is 1. The first-order valence-corrected chi connectivity index (χ1v) is 10.6. The van der Waals surface area contributed by atoms with E-state index in [0.717, 1.165) is 32.8 Å². The number of hydrogen-bond acceptors (Lipinski definition) is 3. The highest BCUT2D eigenvalue weighted by molar-refractivity contribution is 7.17. The Balaban J connectivity index is 1.33. The SMILES string of the molecule is O=C(c1ccc(-c2ccc(Cl)cc2)s1)N1CC=C(c2c[nH]c3ncccc23)CC1. The molecule has 29 heavy (non-hydrogen) atoms. The third-order valence-electron chi connectivity index (χ3n) is 5.24. The van der Waals surface area contributed by atoms with E-state index in [4.69, 9.17) is 11.6 Å². The Hall–Kier alpha value is -2.89. The molecule has 0 saturated carbocycles. The molecule has 4 aromatic rings. The molecule has 0 fully saturated rings. The van der Waals surface area contributed by atoms with Crippen LogP contribution in [0.1, 0.15) is 21.7 Å². The van der Waals surface area contributed by atoms with Crippen LogP contribution in [0, 0.1) is 0 Å². The zero-order chi connectivity index (χ0) is 19.8. The van der Waals surface area contributed by atoms with Crippen molar-refractivity contribution in [1.82, 2.24) is 14.9 Å². The Kier molecular flexibility index (Phi) is 4.70. The van der Waals surface area contributed by atoms with Crippen LogP contribution in [0.2, 0.25) is 5.02 Å². The van der Waals surface area contributed by atoms with Crippen molar-refractivity contribution < 1.29 is 4.79 Å². The van der Waals surface area contributed by atoms with E-state index in [1.54, 1.807) is 6.20 Å². The first-order chi connectivity index (χ1) is 14.2. The molecule has 1 N–H and O–H groups in total. The molecular formula is C23H18ClN3OS. The Bertz CT molecular complexity index is 1220. The summed E-state index contributed by atoms with van der Waals surface area (Å²) in [7, 11) is 0. The number of amides is 1. The monoisotopic (exact) mass is 419 g/mol. The number of carbonyl (C=O) groups is 1. The van der Waals surface area contributed by atoms with Crippen molar-refractivity contribution >= 4 is 45.5 Å². The number of halogens is 1. The van der Waals surface area contributed by atoms with E-state index in [0.29, 0.717) is 18.1 Å². The van der Waals surface area contributed by atoms with E-state index in [1.165, 1.54) is 22.5 Å². The number of benzene rings is 1. The summed E-state index contributed by atoms with van der Waals surface area (Å²) in [5.41, 5.74) is 4.42. The molecule has 0 bridgehead atoms. The summed E-state index contributed by atoms with van der Waals surface area (Å²) in [5.74, 6) is 0.0890. The third-order valence-corrected chi connectivity index (χ3v) is 6.61. The highest BCUT2D eigenvalue weighted by Gasteiger charge is 2.22. The van der Waals surface area contributed by atoms with Crippen molar-refractivity contribution in [3.8, 4) is 10.4 Å². The summed E-state index contributed by atoms with van der Waals surface area (Å²) in [5, 5.41) is 1.84. The Labute approximate surface area is 177 Å². The van der Waals surface area contributed by atoms with Crippen molar-refractivity contribution in [2.45, 2.75) is 6.42 Å². The second kappa shape index (κ2) is 7.50. The second-order valence-electron chi connectivity index (χ2n) is 7.00. The molecule has 144 valence electrons. The zero-order valence-corrected chi connectivity index (χ0v) is 17.1. The van der Waals surface area contributed by atoms with E-state index >= 15 is 0 Å². The topological polar surface area (TPSA) is 49.0 Å². The molecule has 1 aromatic carbocycles. The van der Waals surface area contributed by atoms with Gasteiger partial charge in [-0.1, -0.05) is 29.8 Å². The molecule has 1 amide bonds. The van der Waals surface area contributed by atoms with Crippen LogP contribution in [0.4, 0.5) is 0 Å². The molecule has 0 saturated heterocycles. The summed E-state index contributed by atoms with van der Waals surface area (Å²) < 4.78 is 0. The minimum atomic E-state index is 0.0890. The fourth-order valence-corrected chi connectivity index (χ4v) is 4.80. The van der Waals surface area contributed by atoms with Crippen LogP contribution in [0.5, 0.6) is 0 Å². The summed E-state index contributed by atoms with van der Waals surface area (Å²) >= 11 is 7.49. The number of nitrogens with zero attached hydrogens (tertiary/aromatic N) is 2. The van der Waals surface area contributed by atoms with Crippen LogP contribution in [0.3, 0.4) is 0 Å². The van der Waals surface area contributed by atoms with Crippen LogP contribution in [-0.2, 0) is 0 Å². The predicted molar refractivity (Wildman–Crippen MR) is 119 cm³/mol. The van der Waals surface area contributed by atoms with E-state index < -0.39 is 0 Å². The number of H-pyrrole nitrogens is 1. The number of fused-ring (bicyclic) bond motifs is 1. The second-order valence-corrected chi connectivity index (χ2v) is 8.52. The molecule has 1 aliphatic heterocycles. The zero-order valence-electron chi connectivity index (χ0n) is 15.6. The van der Waals surface area contributed by atoms with Crippen LogP contribution >= 0.6 is 22.9 Å². The first-order valence-electron chi connectivity index (χ1n) is 9.45. The highest BCUT2D eigenvalue weighted by Crippen LogP contribution is 2.32. The largest absolute Gasteiger partial charge is 0.346 e. The number of aromatic nitrogens is 2. The maximum absolute atomic E-state index is 13.0. The molecule has 0 radical (unpaired) electrons. The van der Waals surface area contributed by atoms with Gasteiger partial charge in [-0.05, 0) is 54.0 Å². The molecule has 1 aliphatic rings. The van der Waals surface area contributed by atoms with Crippen LogP contribution < -0.4 is 0 Å². The van der Waals surface area contributed by atoms with Crippen molar-refractivity contribution in [1.29, 1.82) is 0 Å². The molecular weight excluding hydrogens is 402 g/mol. The van der Waals surface area contributed by atoms with Gasteiger partial charge in [0.15, 0.2) is 0 Å². The summed E-state index contributed by atoms with van der Waals surface area (Å²) in [6.45, 7) is 1.33. The quantitative estimate of drug-likeness (QED) is 0.451. The van der Waals surface area contributed by atoms with E-state index in [2.05, 4.69) is 22.1 Å². The lowest BCUT2D eigenvalue weighted by atomic mass is 9.99. The number of pyridine rings is 1. The average Bonchev–Trinajstić information content (AvgIpc) is 3.42. The molecule has 0 atom stereocenters. The van der Waals surface area contributed by atoms with Gasteiger partial charge in [0.25, 0.3) is 5.91 Å². The van der Waals surface area contributed by atoms with Gasteiger partial charge in [0.1, 0.15) is 5.65 Å². The lowest BCUT2D eigenvalue weighted by molar-refractivity contribution is 0.0777. The number of nitrogens with one attached hydrogen (secondary N) is 1. The number of carbonyl (C=O) groups excluding carboxylic acids is 1. The number of hydrogen-bond donors (Lipinski definition) is 1. The standard InChI is InChI=1S/C23H18ClN3OS/c24-17-5-3-16(4-6-17)20-7-8-21(29-20)23(28)27-12-9-15(10-13-27)19-14-26-22-18(19)2-1-11-25-22/h1-9,11,14H,10,12-13H2,(H,25,26). The highest BCUT2D eigenvalue weighted by atomic mass is 35.5.